The standard InChI is InChI=1S/C15H25NO/c1-5-13(16)10-9-12(3)15-11(2)7-6-8-14(15)17-4/h6-8,12-13H,5,9-10,16H2,1-4H3. The average molecular weight is 235 g/mol. The summed E-state index contributed by atoms with van der Waals surface area (Å²) >= 11 is 0. The van der Waals surface area contributed by atoms with E-state index in [-0.39, 0.29) is 0 Å². The third kappa shape index (κ3) is 3.74. The molecule has 0 bridgehead atoms. The lowest BCUT2D eigenvalue weighted by molar-refractivity contribution is 0.402. The molecule has 0 radical (unpaired) electrons. The van der Waals surface area contributed by atoms with Crippen LogP contribution in [0.25, 0.3) is 0 Å². The highest BCUT2D eigenvalue weighted by atomic mass is 16.5. The largest absolute Gasteiger partial charge is 0.496 e. The van der Waals surface area contributed by atoms with Crippen molar-refractivity contribution in [2.24, 2.45) is 5.73 Å². The van der Waals surface area contributed by atoms with Crippen molar-refractivity contribution in [3.05, 3.63) is 29.3 Å². The molecule has 0 spiro atoms. The van der Waals surface area contributed by atoms with E-state index in [9.17, 15) is 0 Å². The second kappa shape index (κ2) is 6.65. The first-order valence-corrected chi connectivity index (χ1v) is 6.49. The van der Waals surface area contributed by atoms with Crippen LogP contribution >= 0.6 is 0 Å². The Hall–Kier alpha value is -1.02. The van der Waals surface area contributed by atoms with Gasteiger partial charge < -0.3 is 10.5 Å². The molecular weight excluding hydrogens is 210 g/mol. The van der Waals surface area contributed by atoms with E-state index in [1.165, 1.54) is 11.1 Å². The molecular formula is C15H25NO. The topological polar surface area (TPSA) is 35.2 Å². The van der Waals surface area contributed by atoms with Crippen LogP contribution in [-0.2, 0) is 0 Å². The van der Waals surface area contributed by atoms with E-state index in [1.807, 2.05) is 12.1 Å². The van der Waals surface area contributed by atoms with Crippen LogP contribution in [0.1, 0.15) is 50.2 Å². The van der Waals surface area contributed by atoms with Gasteiger partial charge in [-0.25, -0.2) is 0 Å². The molecule has 2 heteroatoms. The van der Waals surface area contributed by atoms with Crippen molar-refractivity contribution in [1.82, 2.24) is 0 Å². The molecule has 2 N–H and O–H groups in total. The molecule has 0 aliphatic carbocycles. The summed E-state index contributed by atoms with van der Waals surface area (Å²) in [6.07, 6.45) is 3.25. The maximum absolute atomic E-state index is 5.98. The van der Waals surface area contributed by atoms with Gasteiger partial charge in [-0.15, -0.1) is 0 Å². The summed E-state index contributed by atoms with van der Waals surface area (Å²) in [6, 6.07) is 6.56. The van der Waals surface area contributed by atoms with Gasteiger partial charge in [0.15, 0.2) is 0 Å². The van der Waals surface area contributed by atoms with Crippen molar-refractivity contribution in [2.75, 3.05) is 7.11 Å². The quantitative estimate of drug-likeness (QED) is 0.817. The number of aryl methyl sites for hydroxylation is 1. The number of rotatable bonds is 6. The molecule has 2 atom stereocenters. The van der Waals surface area contributed by atoms with Gasteiger partial charge in [0, 0.05) is 6.04 Å². The van der Waals surface area contributed by atoms with Gasteiger partial charge in [-0.05, 0) is 49.3 Å². The Kier molecular flexibility index (Phi) is 5.49. The smallest absolute Gasteiger partial charge is 0.122 e. The molecule has 0 aromatic heterocycles. The van der Waals surface area contributed by atoms with Gasteiger partial charge in [-0.2, -0.15) is 0 Å². The van der Waals surface area contributed by atoms with E-state index in [0.29, 0.717) is 12.0 Å². The molecule has 1 aromatic carbocycles. The first kappa shape index (κ1) is 14.0. The van der Waals surface area contributed by atoms with E-state index < -0.39 is 0 Å². The second-order valence-corrected chi connectivity index (χ2v) is 4.84. The molecule has 17 heavy (non-hydrogen) atoms. The summed E-state index contributed by atoms with van der Waals surface area (Å²) in [5.41, 5.74) is 8.62. The number of nitrogens with two attached hydrogens (primary N) is 1. The van der Waals surface area contributed by atoms with Gasteiger partial charge in [0.05, 0.1) is 7.11 Å². The SMILES string of the molecule is CCC(N)CCC(C)c1c(C)cccc1OC. The Morgan fingerprint density at radius 2 is 2.00 bits per heavy atom. The number of methoxy groups -OCH3 is 1. The first-order valence-electron chi connectivity index (χ1n) is 6.49. The van der Waals surface area contributed by atoms with Gasteiger partial charge in [-0.1, -0.05) is 26.0 Å². The summed E-state index contributed by atoms with van der Waals surface area (Å²) in [5, 5.41) is 0. The Morgan fingerprint density at radius 3 is 2.59 bits per heavy atom. The molecule has 96 valence electrons. The molecule has 0 aliphatic heterocycles. The highest BCUT2D eigenvalue weighted by Gasteiger charge is 2.14. The average Bonchev–Trinajstić information content (AvgIpc) is 2.34. The fraction of sp³-hybridized carbons (Fsp3) is 0.600. The van der Waals surface area contributed by atoms with Crippen molar-refractivity contribution < 1.29 is 4.74 Å². The van der Waals surface area contributed by atoms with E-state index in [4.69, 9.17) is 10.5 Å². The van der Waals surface area contributed by atoms with Gasteiger partial charge in [0.2, 0.25) is 0 Å². The van der Waals surface area contributed by atoms with Crippen molar-refractivity contribution in [2.45, 2.75) is 52.0 Å². The van der Waals surface area contributed by atoms with Crippen LogP contribution in [0.3, 0.4) is 0 Å². The maximum atomic E-state index is 5.98. The van der Waals surface area contributed by atoms with Crippen LogP contribution in [0.4, 0.5) is 0 Å². The normalized spacial score (nSPS) is 14.4. The van der Waals surface area contributed by atoms with E-state index in [2.05, 4.69) is 26.8 Å². The predicted molar refractivity (Wildman–Crippen MR) is 73.6 cm³/mol. The Balaban J connectivity index is 2.77. The minimum absolute atomic E-state index is 0.326. The zero-order chi connectivity index (χ0) is 12.8. The second-order valence-electron chi connectivity index (χ2n) is 4.84. The van der Waals surface area contributed by atoms with Gasteiger partial charge in [0.25, 0.3) is 0 Å². The fourth-order valence-corrected chi connectivity index (χ4v) is 2.28. The van der Waals surface area contributed by atoms with Gasteiger partial charge in [0.1, 0.15) is 5.75 Å². The van der Waals surface area contributed by atoms with Crippen LogP contribution < -0.4 is 10.5 Å². The van der Waals surface area contributed by atoms with Crippen LogP contribution in [0.5, 0.6) is 5.75 Å². The molecule has 0 heterocycles. The highest BCUT2D eigenvalue weighted by molar-refractivity contribution is 5.41. The predicted octanol–water partition coefficient (Wildman–Crippen LogP) is 3.62. The number of hydrogen-bond donors (Lipinski definition) is 1. The number of hydrogen-bond acceptors (Lipinski definition) is 2. The molecule has 1 aromatic rings. The first-order chi connectivity index (χ1) is 8.10. The molecule has 2 unspecified atom stereocenters. The monoisotopic (exact) mass is 235 g/mol. The van der Waals surface area contributed by atoms with Crippen LogP contribution in [0, 0.1) is 6.92 Å². The van der Waals surface area contributed by atoms with Crippen LogP contribution in [0.2, 0.25) is 0 Å². The Bertz CT molecular complexity index is 349. The van der Waals surface area contributed by atoms with Crippen molar-refractivity contribution in [3.63, 3.8) is 0 Å². The third-order valence-corrected chi connectivity index (χ3v) is 3.49. The van der Waals surface area contributed by atoms with Crippen LogP contribution in [-0.4, -0.2) is 13.2 Å². The van der Waals surface area contributed by atoms with Crippen molar-refractivity contribution in [1.29, 1.82) is 0 Å². The van der Waals surface area contributed by atoms with E-state index in [1.54, 1.807) is 7.11 Å². The summed E-state index contributed by atoms with van der Waals surface area (Å²) in [7, 11) is 1.74. The van der Waals surface area contributed by atoms with Gasteiger partial charge in [-0.3, -0.25) is 0 Å². The molecule has 0 amide bonds. The molecule has 2 nitrogen and oxygen atoms in total. The lowest BCUT2D eigenvalue weighted by Gasteiger charge is -2.19. The summed E-state index contributed by atoms with van der Waals surface area (Å²) in [4.78, 5) is 0. The number of benzene rings is 1. The number of ether oxygens (including phenoxy) is 1. The lowest BCUT2D eigenvalue weighted by atomic mass is 9.90. The summed E-state index contributed by atoms with van der Waals surface area (Å²) in [6.45, 7) is 6.55. The highest BCUT2D eigenvalue weighted by Crippen LogP contribution is 2.32. The van der Waals surface area contributed by atoms with Crippen molar-refractivity contribution in [3.8, 4) is 5.75 Å². The van der Waals surface area contributed by atoms with Gasteiger partial charge >= 0.3 is 0 Å². The molecule has 0 saturated heterocycles. The Morgan fingerprint density at radius 1 is 1.29 bits per heavy atom. The van der Waals surface area contributed by atoms with Crippen molar-refractivity contribution >= 4 is 0 Å². The Labute approximate surface area is 105 Å². The fourth-order valence-electron chi connectivity index (χ4n) is 2.28. The zero-order valence-electron chi connectivity index (χ0n) is 11.5. The van der Waals surface area contributed by atoms with E-state index in [0.717, 1.165) is 25.0 Å². The third-order valence-electron chi connectivity index (χ3n) is 3.49. The minimum atomic E-state index is 0.326. The van der Waals surface area contributed by atoms with E-state index >= 15 is 0 Å². The summed E-state index contributed by atoms with van der Waals surface area (Å²) < 4.78 is 5.45. The summed E-state index contributed by atoms with van der Waals surface area (Å²) in [5.74, 6) is 1.51. The molecule has 1 rings (SSSR count). The molecule has 0 aliphatic rings. The molecule has 0 saturated carbocycles. The lowest BCUT2D eigenvalue weighted by Crippen LogP contribution is -2.19. The molecule has 0 fully saturated rings. The minimum Gasteiger partial charge on any atom is -0.496 e. The van der Waals surface area contributed by atoms with Crippen LogP contribution in [0.15, 0.2) is 18.2 Å². The zero-order valence-corrected chi connectivity index (χ0v) is 11.5. The maximum Gasteiger partial charge on any atom is 0.122 e.